The van der Waals surface area contributed by atoms with Gasteiger partial charge in [0.15, 0.2) is 0 Å². The molecule has 0 bridgehead atoms. The molecular formula is C15H22N2O2. The predicted molar refractivity (Wildman–Crippen MR) is 74.0 cm³/mol. The van der Waals surface area contributed by atoms with E-state index in [4.69, 9.17) is 5.11 Å². The lowest BCUT2D eigenvalue weighted by Crippen LogP contribution is -2.40. The first-order chi connectivity index (χ1) is 9.11. The molecule has 0 aromatic carbocycles. The Balaban J connectivity index is 2.10. The Morgan fingerprint density at radius 2 is 2.26 bits per heavy atom. The lowest BCUT2D eigenvalue weighted by atomic mass is 9.94. The second-order valence-corrected chi connectivity index (χ2v) is 5.36. The van der Waals surface area contributed by atoms with Crippen molar-refractivity contribution in [3.05, 3.63) is 29.1 Å². The number of piperidine rings is 1. The van der Waals surface area contributed by atoms with E-state index in [-0.39, 0.29) is 12.5 Å². The van der Waals surface area contributed by atoms with E-state index in [0.717, 1.165) is 43.7 Å². The summed E-state index contributed by atoms with van der Waals surface area (Å²) in [6.07, 6.45) is 2.92. The summed E-state index contributed by atoms with van der Waals surface area (Å²) >= 11 is 0. The summed E-state index contributed by atoms with van der Waals surface area (Å²) in [7, 11) is 0. The van der Waals surface area contributed by atoms with Crippen LogP contribution >= 0.6 is 0 Å². The summed E-state index contributed by atoms with van der Waals surface area (Å²) in [5, 5.41) is 9.02. The molecule has 4 nitrogen and oxygen atoms in total. The Morgan fingerprint density at radius 1 is 1.47 bits per heavy atom. The summed E-state index contributed by atoms with van der Waals surface area (Å²) in [5.74, 6) is 0.508. The molecule has 2 heterocycles. The summed E-state index contributed by atoms with van der Waals surface area (Å²) in [4.78, 5) is 18.8. The Hall–Kier alpha value is -1.42. The Bertz CT molecular complexity index is 457. The number of amides is 1. The third-order valence-corrected chi connectivity index (χ3v) is 3.80. The predicted octanol–water partition coefficient (Wildman–Crippen LogP) is 1.93. The van der Waals surface area contributed by atoms with Gasteiger partial charge in [-0.2, -0.15) is 0 Å². The molecule has 1 aliphatic heterocycles. The molecule has 4 heteroatoms. The Labute approximate surface area is 114 Å². The number of likely N-dealkylation sites (tertiary alicyclic amines) is 1. The normalized spacial score (nSPS) is 19.5. The first-order valence-corrected chi connectivity index (χ1v) is 6.96. The molecule has 1 unspecified atom stereocenters. The zero-order valence-electron chi connectivity index (χ0n) is 11.7. The van der Waals surface area contributed by atoms with Crippen molar-refractivity contribution >= 4 is 5.91 Å². The number of pyridine rings is 1. The van der Waals surface area contributed by atoms with Crippen molar-refractivity contribution in [1.82, 2.24) is 9.88 Å². The summed E-state index contributed by atoms with van der Waals surface area (Å²) in [6, 6.07) is 3.76. The third kappa shape index (κ3) is 3.32. The van der Waals surface area contributed by atoms with Gasteiger partial charge in [0.05, 0.1) is 11.3 Å². The molecule has 0 saturated carbocycles. The molecule has 1 aromatic rings. The number of aliphatic hydroxyl groups excluding tert-OH is 1. The zero-order chi connectivity index (χ0) is 13.8. The average molecular weight is 262 g/mol. The summed E-state index contributed by atoms with van der Waals surface area (Å²) < 4.78 is 0. The van der Waals surface area contributed by atoms with Crippen LogP contribution in [0.1, 0.15) is 41.0 Å². The van der Waals surface area contributed by atoms with Gasteiger partial charge in [0.25, 0.3) is 5.91 Å². The maximum atomic E-state index is 12.5. The highest BCUT2D eigenvalue weighted by Crippen LogP contribution is 2.21. The largest absolute Gasteiger partial charge is 0.396 e. The number of rotatable bonds is 3. The molecule has 0 spiro atoms. The van der Waals surface area contributed by atoms with Crippen molar-refractivity contribution < 1.29 is 9.90 Å². The van der Waals surface area contributed by atoms with E-state index < -0.39 is 0 Å². The molecule has 0 radical (unpaired) electrons. The van der Waals surface area contributed by atoms with Gasteiger partial charge in [-0.25, -0.2) is 0 Å². The van der Waals surface area contributed by atoms with E-state index in [1.165, 1.54) is 0 Å². The Kier molecular flexibility index (Phi) is 4.53. The van der Waals surface area contributed by atoms with Gasteiger partial charge in [-0.1, -0.05) is 0 Å². The van der Waals surface area contributed by atoms with Gasteiger partial charge in [0.2, 0.25) is 0 Å². The van der Waals surface area contributed by atoms with Gasteiger partial charge in [0.1, 0.15) is 0 Å². The smallest absolute Gasteiger partial charge is 0.255 e. The van der Waals surface area contributed by atoms with Crippen molar-refractivity contribution in [2.24, 2.45) is 5.92 Å². The minimum atomic E-state index is 0.0765. The molecule has 0 aliphatic carbocycles. The van der Waals surface area contributed by atoms with Gasteiger partial charge in [-0.05, 0) is 51.2 Å². The van der Waals surface area contributed by atoms with Crippen LogP contribution in [0.15, 0.2) is 12.1 Å². The highest BCUT2D eigenvalue weighted by atomic mass is 16.3. The molecule has 104 valence electrons. The van der Waals surface area contributed by atoms with Crippen LogP contribution < -0.4 is 0 Å². The summed E-state index contributed by atoms with van der Waals surface area (Å²) in [6.45, 7) is 5.59. The van der Waals surface area contributed by atoms with Gasteiger partial charge < -0.3 is 10.0 Å². The number of carbonyl (C=O) groups is 1. The number of hydrogen-bond acceptors (Lipinski definition) is 3. The Morgan fingerprint density at radius 3 is 2.95 bits per heavy atom. The van der Waals surface area contributed by atoms with Crippen LogP contribution in [0.2, 0.25) is 0 Å². The zero-order valence-corrected chi connectivity index (χ0v) is 11.7. The maximum absolute atomic E-state index is 12.5. The molecule has 1 saturated heterocycles. The van der Waals surface area contributed by atoms with E-state index in [1.54, 1.807) is 0 Å². The minimum absolute atomic E-state index is 0.0765. The second-order valence-electron chi connectivity index (χ2n) is 5.36. The third-order valence-electron chi connectivity index (χ3n) is 3.80. The number of hydrogen-bond donors (Lipinski definition) is 1. The maximum Gasteiger partial charge on any atom is 0.255 e. The number of aromatic nitrogens is 1. The standard InChI is InChI=1S/C15H22N2O2/c1-11-5-6-14(12(2)16-11)15(19)17-8-3-4-13(10-17)7-9-18/h5-6,13,18H,3-4,7-10H2,1-2H3. The molecule has 1 amide bonds. The number of aliphatic hydroxyl groups is 1. The molecule has 19 heavy (non-hydrogen) atoms. The van der Waals surface area contributed by atoms with E-state index in [2.05, 4.69) is 4.98 Å². The average Bonchev–Trinajstić information content (AvgIpc) is 2.39. The second kappa shape index (κ2) is 6.15. The van der Waals surface area contributed by atoms with Crippen LogP contribution in [0.5, 0.6) is 0 Å². The first kappa shape index (κ1) is 14.0. The molecule has 1 aromatic heterocycles. The lowest BCUT2D eigenvalue weighted by molar-refractivity contribution is 0.0652. The van der Waals surface area contributed by atoms with Crippen LogP contribution in [0, 0.1) is 19.8 Å². The highest BCUT2D eigenvalue weighted by Gasteiger charge is 2.25. The van der Waals surface area contributed by atoms with Crippen molar-refractivity contribution in [2.45, 2.75) is 33.1 Å². The first-order valence-electron chi connectivity index (χ1n) is 6.96. The number of carbonyl (C=O) groups excluding carboxylic acids is 1. The van der Waals surface area contributed by atoms with Gasteiger partial charge in [-0.15, -0.1) is 0 Å². The summed E-state index contributed by atoms with van der Waals surface area (Å²) in [5.41, 5.74) is 2.44. The fourth-order valence-corrected chi connectivity index (χ4v) is 2.75. The fourth-order valence-electron chi connectivity index (χ4n) is 2.75. The van der Waals surface area contributed by atoms with Crippen molar-refractivity contribution in [3.63, 3.8) is 0 Å². The monoisotopic (exact) mass is 262 g/mol. The number of nitrogens with zero attached hydrogens (tertiary/aromatic N) is 2. The van der Waals surface area contributed by atoms with Crippen LogP contribution in [-0.4, -0.2) is 40.6 Å². The van der Waals surface area contributed by atoms with E-state index in [0.29, 0.717) is 11.5 Å². The van der Waals surface area contributed by atoms with Crippen LogP contribution in [0.4, 0.5) is 0 Å². The molecule has 2 rings (SSSR count). The van der Waals surface area contributed by atoms with E-state index in [9.17, 15) is 4.79 Å². The van der Waals surface area contributed by atoms with Gasteiger partial charge >= 0.3 is 0 Å². The SMILES string of the molecule is Cc1ccc(C(=O)N2CCCC(CCO)C2)c(C)n1. The van der Waals surface area contributed by atoms with Crippen LogP contribution in [0.25, 0.3) is 0 Å². The molecular weight excluding hydrogens is 240 g/mol. The lowest BCUT2D eigenvalue weighted by Gasteiger charge is -2.32. The molecule has 1 aliphatic rings. The topological polar surface area (TPSA) is 53.4 Å². The minimum Gasteiger partial charge on any atom is -0.396 e. The van der Waals surface area contributed by atoms with Crippen molar-refractivity contribution in [2.75, 3.05) is 19.7 Å². The van der Waals surface area contributed by atoms with Gasteiger partial charge in [-0.3, -0.25) is 9.78 Å². The van der Waals surface area contributed by atoms with Crippen LogP contribution in [-0.2, 0) is 0 Å². The molecule has 1 N–H and O–H groups in total. The fraction of sp³-hybridized carbons (Fsp3) is 0.600. The van der Waals surface area contributed by atoms with E-state index in [1.807, 2.05) is 30.9 Å². The van der Waals surface area contributed by atoms with Crippen LogP contribution in [0.3, 0.4) is 0 Å². The molecule has 1 atom stereocenters. The van der Waals surface area contributed by atoms with Crippen molar-refractivity contribution in [3.8, 4) is 0 Å². The van der Waals surface area contributed by atoms with Crippen molar-refractivity contribution in [1.29, 1.82) is 0 Å². The molecule has 1 fully saturated rings. The van der Waals surface area contributed by atoms with Gasteiger partial charge in [0, 0.05) is 25.4 Å². The quantitative estimate of drug-likeness (QED) is 0.905. The highest BCUT2D eigenvalue weighted by molar-refractivity contribution is 5.95. The van der Waals surface area contributed by atoms with E-state index >= 15 is 0 Å². The number of aryl methyl sites for hydroxylation is 2.